The van der Waals surface area contributed by atoms with E-state index in [0.29, 0.717) is 6.04 Å². The highest BCUT2D eigenvalue weighted by atomic mass is 16.5. The molecular formula is C18H36N2O. The molecule has 4 atom stereocenters. The molecule has 2 fully saturated rings. The van der Waals surface area contributed by atoms with Crippen LogP contribution < -0.4 is 5.32 Å². The normalized spacial score (nSPS) is 35.3. The number of hydrogen-bond acceptors (Lipinski definition) is 3. The van der Waals surface area contributed by atoms with Gasteiger partial charge in [0.1, 0.15) is 0 Å². The van der Waals surface area contributed by atoms with Crippen LogP contribution in [0.1, 0.15) is 46.5 Å². The SMILES string of the molecule is CCNC1CC(C)CC(C)C1CN(C)CC1CCOCC1. The van der Waals surface area contributed by atoms with Gasteiger partial charge in [-0.15, -0.1) is 0 Å². The van der Waals surface area contributed by atoms with Crippen LogP contribution in [0.25, 0.3) is 0 Å². The highest BCUT2D eigenvalue weighted by Gasteiger charge is 2.34. The van der Waals surface area contributed by atoms with Gasteiger partial charge in [-0.25, -0.2) is 0 Å². The molecule has 3 nitrogen and oxygen atoms in total. The average Bonchev–Trinajstić information content (AvgIpc) is 2.44. The van der Waals surface area contributed by atoms with Crippen LogP contribution in [0.5, 0.6) is 0 Å². The van der Waals surface area contributed by atoms with E-state index >= 15 is 0 Å². The number of rotatable bonds is 6. The Kier molecular flexibility index (Phi) is 6.97. The Hall–Kier alpha value is -0.120. The molecule has 2 rings (SSSR count). The summed E-state index contributed by atoms with van der Waals surface area (Å²) < 4.78 is 5.48. The van der Waals surface area contributed by atoms with Gasteiger partial charge in [0.05, 0.1) is 0 Å². The predicted octanol–water partition coefficient (Wildman–Crippen LogP) is 3.01. The molecule has 4 unspecified atom stereocenters. The lowest BCUT2D eigenvalue weighted by Gasteiger charge is -2.42. The molecule has 0 aromatic carbocycles. The Morgan fingerprint density at radius 3 is 2.48 bits per heavy atom. The summed E-state index contributed by atoms with van der Waals surface area (Å²) >= 11 is 0. The zero-order valence-corrected chi connectivity index (χ0v) is 14.6. The maximum Gasteiger partial charge on any atom is 0.0469 e. The molecule has 1 saturated carbocycles. The standard InChI is InChI=1S/C18H36N2O/c1-5-19-18-11-14(2)10-15(3)17(18)13-20(4)12-16-6-8-21-9-7-16/h14-19H,5-13H2,1-4H3. The van der Waals surface area contributed by atoms with Crippen molar-refractivity contribution >= 4 is 0 Å². The Morgan fingerprint density at radius 1 is 1.10 bits per heavy atom. The van der Waals surface area contributed by atoms with Crippen molar-refractivity contribution in [3.63, 3.8) is 0 Å². The second-order valence-corrected chi connectivity index (χ2v) is 7.66. The predicted molar refractivity (Wildman–Crippen MR) is 89.6 cm³/mol. The summed E-state index contributed by atoms with van der Waals surface area (Å²) in [6.45, 7) is 12.7. The fourth-order valence-electron chi connectivity index (χ4n) is 4.52. The van der Waals surface area contributed by atoms with E-state index in [2.05, 4.69) is 38.0 Å². The third-order valence-corrected chi connectivity index (χ3v) is 5.58. The van der Waals surface area contributed by atoms with Gasteiger partial charge in [-0.1, -0.05) is 20.8 Å². The second kappa shape index (κ2) is 8.50. The number of ether oxygens (including phenoxy) is 1. The third kappa shape index (κ3) is 5.22. The molecule has 1 saturated heterocycles. The van der Waals surface area contributed by atoms with Crippen LogP contribution in [0.3, 0.4) is 0 Å². The molecule has 0 amide bonds. The molecule has 3 heteroatoms. The summed E-state index contributed by atoms with van der Waals surface area (Å²) in [4.78, 5) is 2.59. The van der Waals surface area contributed by atoms with Crippen LogP contribution >= 0.6 is 0 Å². The van der Waals surface area contributed by atoms with Crippen LogP contribution in [-0.2, 0) is 4.74 Å². The van der Waals surface area contributed by atoms with Crippen molar-refractivity contribution in [2.75, 3.05) is 39.9 Å². The lowest BCUT2D eigenvalue weighted by molar-refractivity contribution is 0.0471. The first kappa shape index (κ1) is 17.2. The molecule has 0 aromatic heterocycles. The lowest BCUT2D eigenvalue weighted by atomic mass is 9.72. The van der Waals surface area contributed by atoms with Crippen molar-refractivity contribution in [3.8, 4) is 0 Å². The van der Waals surface area contributed by atoms with Gasteiger partial charge in [-0.2, -0.15) is 0 Å². The molecule has 1 heterocycles. The van der Waals surface area contributed by atoms with E-state index in [4.69, 9.17) is 4.74 Å². The Morgan fingerprint density at radius 2 is 1.81 bits per heavy atom. The summed E-state index contributed by atoms with van der Waals surface area (Å²) in [5, 5.41) is 3.76. The Balaban J connectivity index is 1.85. The zero-order chi connectivity index (χ0) is 15.2. The van der Waals surface area contributed by atoms with Gasteiger partial charge in [-0.3, -0.25) is 0 Å². The second-order valence-electron chi connectivity index (χ2n) is 7.66. The average molecular weight is 296 g/mol. The maximum atomic E-state index is 5.48. The summed E-state index contributed by atoms with van der Waals surface area (Å²) in [6.07, 6.45) is 5.25. The number of nitrogens with zero attached hydrogens (tertiary/aromatic N) is 1. The molecule has 0 radical (unpaired) electrons. The summed E-state index contributed by atoms with van der Waals surface area (Å²) in [7, 11) is 2.32. The molecule has 124 valence electrons. The minimum atomic E-state index is 0.714. The minimum Gasteiger partial charge on any atom is -0.381 e. The van der Waals surface area contributed by atoms with Crippen molar-refractivity contribution in [2.45, 2.75) is 52.5 Å². The van der Waals surface area contributed by atoms with Gasteiger partial charge in [0.15, 0.2) is 0 Å². The molecule has 21 heavy (non-hydrogen) atoms. The highest BCUT2D eigenvalue weighted by Crippen LogP contribution is 2.34. The van der Waals surface area contributed by atoms with Crippen LogP contribution in [0, 0.1) is 23.7 Å². The first-order valence-electron chi connectivity index (χ1n) is 9.09. The fraction of sp³-hybridized carbons (Fsp3) is 1.00. The third-order valence-electron chi connectivity index (χ3n) is 5.58. The van der Waals surface area contributed by atoms with Gasteiger partial charge in [-0.05, 0) is 62.9 Å². The van der Waals surface area contributed by atoms with Crippen molar-refractivity contribution in [2.24, 2.45) is 23.7 Å². The van der Waals surface area contributed by atoms with Gasteiger partial charge in [0.2, 0.25) is 0 Å². The topological polar surface area (TPSA) is 24.5 Å². The molecule has 0 aromatic rings. The van der Waals surface area contributed by atoms with Crippen molar-refractivity contribution < 1.29 is 4.74 Å². The molecular weight excluding hydrogens is 260 g/mol. The number of nitrogens with one attached hydrogen (secondary N) is 1. The molecule has 1 aliphatic carbocycles. The smallest absolute Gasteiger partial charge is 0.0469 e. The summed E-state index contributed by atoms with van der Waals surface area (Å²) in [5.41, 5.74) is 0. The van der Waals surface area contributed by atoms with Gasteiger partial charge in [0, 0.05) is 32.3 Å². The van der Waals surface area contributed by atoms with Crippen LogP contribution in [0.4, 0.5) is 0 Å². The highest BCUT2D eigenvalue weighted by molar-refractivity contribution is 4.89. The van der Waals surface area contributed by atoms with E-state index in [0.717, 1.165) is 43.4 Å². The van der Waals surface area contributed by atoms with Crippen molar-refractivity contribution in [3.05, 3.63) is 0 Å². The summed E-state index contributed by atoms with van der Waals surface area (Å²) in [6, 6.07) is 0.714. The Labute approximate surface area is 131 Å². The van der Waals surface area contributed by atoms with Gasteiger partial charge < -0.3 is 15.0 Å². The first-order valence-corrected chi connectivity index (χ1v) is 9.09. The van der Waals surface area contributed by atoms with Crippen LogP contribution in [-0.4, -0.2) is 50.8 Å². The quantitative estimate of drug-likeness (QED) is 0.815. The van der Waals surface area contributed by atoms with Crippen LogP contribution in [0.15, 0.2) is 0 Å². The van der Waals surface area contributed by atoms with E-state index < -0.39 is 0 Å². The lowest BCUT2D eigenvalue weighted by Crippen LogP contribution is -2.49. The van der Waals surface area contributed by atoms with Crippen LogP contribution in [0.2, 0.25) is 0 Å². The van der Waals surface area contributed by atoms with E-state index in [1.807, 2.05) is 0 Å². The van der Waals surface area contributed by atoms with E-state index in [9.17, 15) is 0 Å². The molecule has 1 N–H and O–H groups in total. The summed E-state index contributed by atoms with van der Waals surface area (Å²) in [5.74, 6) is 3.38. The minimum absolute atomic E-state index is 0.714. The van der Waals surface area contributed by atoms with Crippen molar-refractivity contribution in [1.29, 1.82) is 0 Å². The molecule has 2 aliphatic rings. The number of hydrogen-bond donors (Lipinski definition) is 1. The molecule has 1 aliphatic heterocycles. The van der Waals surface area contributed by atoms with Gasteiger partial charge in [0.25, 0.3) is 0 Å². The van der Waals surface area contributed by atoms with E-state index in [-0.39, 0.29) is 0 Å². The monoisotopic (exact) mass is 296 g/mol. The van der Waals surface area contributed by atoms with Crippen molar-refractivity contribution in [1.82, 2.24) is 10.2 Å². The first-order chi connectivity index (χ1) is 10.1. The zero-order valence-electron chi connectivity index (χ0n) is 14.6. The molecule has 0 bridgehead atoms. The largest absolute Gasteiger partial charge is 0.381 e. The van der Waals surface area contributed by atoms with E-state index in [1.54, 1.807) is 0 Å². The molecule has 0 spiro atoms. The van der Waals surface area contributed by atoms with E-state index in [1.165, 1.54) is 38.8 Å². The fourth-order valence-corrected chi connectivity index (χ4v) is 4.52. The van der Waals surface area contributed by atoms with Gasteiger partial charge >= 0.3 is 0 Å². The maximum absolute atomic E-state index is 5.48. The Bertz CT molecular complexity index is 291.